The third-order valence-corrected chi connectivity index (χ3v) is 6.51. The van der Waals surface area contributed by atoms with Gasteiger partial charge in [0.2, 0.25) is 11.9 Å². The first-order chi connectivity index (χ1) is 16.3. The number of hydrogen-bond donors (Lipinski definition) is 1. The molecule has 2 aromatic carbocycles. The van der Waals surface area contributed by atoms with Crippen molar-refractivity contribution in [3.8, 4) is 5.75 Å². The second-order valence-electron chi connectivity index (χ2n) is 8.12. The zero-order valence-electron chi connectivity index (χ0n) is 18.4. The van der Waals surface area contributed by atoms with Gasteiger partial charge in [0.15, 0.2) is 5.16 Å². The van der Waals surface area contributed by atoms with Crippen LogP contribution in [0.3, 0.4) is 0 Å². The van der Waals surface area contributed by atoms with Crippen molar-refractivity contribution >= 4 is 29.3 Å². The lowest BCUT2D eigenvalue weighted by molar-refractivity contribution is -0.113. The van der Waals surface area contributed by atoms with Crippen LogP contribution in [0.25, 0.3) is 0 Å². The number of benzene rings is 2. The molecular weight excluding hydrogens is 438 g/mol. The van der Waals surface area contributed by atoms with E-state index in [0.29, 0.717) is 25.9 Å². The van der Waals surface area contributed by atoms with Gasteiger partial charge in [-0.3, -0.25) is 9.36 Å². The number of thioether (sulfide) groups is 1. The van der Waals surface area contributed by atoms with Crippen molar-refractivity contribution in [2.45, 2.75) is 30.6 Å². The van der Waals surface area contributed by atoms with E-state index < -0.39 is 0 Å². The summed E-state index contributed by atoms with van der Waals surface area (Å²) in [6, 6.07) is 17.9. The molecule has 0 bridgehead atoms. The summed E-state index contributed by atoms with van der Waals surface area (Å²) < 4.78 is 13.5. The van der Waals surface area contributed by atoms with E-state index in [0.717, 1.165) is 54.0 Å². The van der Waals surface area contributed by atoms with Crippen LogP contribution in [0, 0.1) is 0 Å². The first-order valence-corrected chi connectivity index (χ1v) is 12.2. The quantitative estimate of drug-likeness (QED) is 0.482. The van der Waals surface area contributed by atoms with Crippen molar-refractivity contribution in [3.63, 3.8) is 0 Å². The first kappa shape index (κ1) is 21.8. The molecule has 1 saturated carbocycles. The molecule has 8 nitrogen and oxygen atoms in total. The van der Waals surface area contributed by atoms with Gasteiger partial charge >= 0.3 is 0 Å². The second kappa shape index (κ2) is 10.3. The zero-order valence-corrected chi connectivity index (χ0v) is 19.2. The molecule has 3 aromatic rings. The molecule has 2 fully saturated rings. The minimum atomic E-state index is -0.0729. The summed E-state index contributed by atoms with van der Waals surface area (Å²) in [6.45, 7) is 3.57. The summed E-state index contributed by atoms with van der Waals surface area (Å²) in [6.07, 6.45) is 2.27. The predicted octanol–water partition coefficient (Wildman–Crippen LogP) is 3.76. The van der Waals surface area contributed by atoms with Gasteiger partial charge in [0.05, 0.1) is 19.0 Å². The number of amides is 1. The average Bonchev–Trinajstić information content (AvgIpc) is 3.62. The molecule has 5 rings (SSSR count). The molecule has 1 aliphatic heterocycles. The maximum Gasteiger partial charge on any atom is 0.234 e. The minimum Gasteiger partial charge on any atom is -0.489 e. The monoisotopic (exact) mass is 465 g/mol. The number of aromatic nitrogens is 3. The summed E-state index contributed by atoms with van der Waals surface area (Å²) in [5.41, 5.74) is 1.85. The van der Waals surface area contributed by atoms with Gasteiger partial charge in [0.25, 0.3) is 0 Å². The van der Waals surface area contributed by atoms with Gasteiger partial charge in [-0.25, -0.2) is 0 Å². The maximum atomic E-state index is 12.5. The Hall–Kier alpha value is -3.04. The molecule has 0 spiro atoms. The van der Waals surface area contributed by atoms with E-state index in [4.69, 9.17) is 9.47 Å². The van der Waals surface area contributed by atoms with Gasteiger partial charge in [-0.2, -0.15) is 0 Å². The lowest BCUT2D eigenvalue weighted by atomic mass is 10.2. The molecule has 1 saturated heterocycles. The number of nitrogens with one attached hydrogen (secondary N) is 1. The Kier molecular flexibility index (Phi) is 6.78. The van der Waals surface area contributed by atoms with Crippen molar-refractivity contribution in [1.29, 1.82) is 0 Å². The third-order valence-electron chi connectivity index (χ3n) is 5.57. The predicted molar refractivity (Wildman–Crippen MR) is 128 cm³/mol. The lowest BCUT2D eigenvalue weighted by Gasteiger charge is -2.27. The minimum absolute atomic E-state index is 0.0729. The number of nitrogens with zero attached hydrogens (tertiary/aromatic N) is 4. The van der Waals surface area contributed by atoms with E-state index in [1.807, 2.05) is 54.6 Å². The van der Waals surface area contributed by atoms with Crippen LogP contribution in [0.5, 0.6) is 5.75 Å². The molecule has 1 N–H and O–H groups in total. The number of morpholine rings is 1. The molecular formula is C24H27N5O3S. The number of hydrogen-bond acceptors (Lipinski definition) is 7. The first-order valence-electron chi connectivity index (χ1n) is 11.2. The SMILES string of the molecule is O=C(CSc1nnc(N2CCOCC2)n1C1CC1)Nc1ccc(OCc2ccccc2)cc1. The Balaban J connectivity index is 1.14. The van der Waals surface area contributed by atoms with E-state index in [2.05, 4.69) is 25.0 Å². The van der Waals surface area contributed by atoms with Gasteiger partial charge in [0.1, 0.15) is 12.4 Å². The van der Waals surface area contributed by atoms with Crippen molar-refractivity contribution in [1.82, 2.24) is 14.8 Å². The highest BCUT2D eigenvalue weighted by atomic mass is 32.2. The molecule has 1 amide bonds. The molecule has 9 heteroatoms. The number of rotatable bonds is 9. The summed E-state index contributed by atoms with van der Waals surface area (Å²) in [7, 11) is 0. The smallest absolute Gasteiger partial charge is 0.234 e. The molecule has 172 valence electrons. The fourth-order valence-electron chi connectivity index (χ4n) is 3.70. The van der Waals surface area contributed by atoms with Crippen molar-refractivity contribution < 1.29 is 14.3 Å². The van der Waals surface area contributed by atoms with E-state index in [9.17, 15) is 4.79 Å². The molecule has 2 aliphatic rings. The van der Waals surface area contributed by atoms with E-state index in [1.54, 1.807) is 0 Å². The van der Waals surface area contributed by atoms with Gasteiger partial charge in [-0.1, -0.05) is 42.1 Å². The van der Waals surface area contributed by atoms with Crippen LogP contribution in [-0.2, 0) is 16.1 Å². The standard InChI is InChI=1S/C24H27N5O3S/c30-22(25-19-6-10-21(11-7-19)32-16-18-4-2-1-3-5-18)17-33-24-27-26-23(29(24)20-8-9-20)28-12-14-31-15-13-28/h1-7,10-11,20H,8-9,12-17H2,(H,25,30). The molecule has 1 aromatic heterocycles. The maximum absolute atomic E-state index is 12.5. The molecule has 0 atom stereocenters. The Bertz CT molecular complexity index is 1060. The Morgan fingerprint density at radius 1 is 1.06 bits per heavy atom. The third kappa shape index (κ3) is 5.66. The summed E-state index contributed by atoms with van der Waals surface area (Å²) in [5.74, 6) is 1.87. The van der Waals surface area contributed by atoms with E-state index >= 15 is 0 Å². The van der Waals surface area contributed by atoms with Crippen LogP contribution >= 0.6 is 11.8 Å². The molecule has 33 heavy (non-hydrogen) atoms. The van der Waals surface area contributed by atoms with Crippen LogP contribution in [0.2, 0.25) is 0 Å². The zero-order chi connectivity index (χ0) is 22.5. The number of carbonyl (C=O) groups is 1. The van der Waals surface area contributed by atoms with Crippen LogP contribution in [0.15, 0.2) is 59.8 Å². The van der Waals surface area contributed by atoms with Gasteiger partial charge in [0, 0.05) is 24.8 Å². The van der Waals surface area contributed by atoms with E-state index in [1.165, 1.54) is 11.8 Å². The molecule has 1 aliphatic carbocycles. The number of anilines is 2. The lowest BCUT2D eigenvalue weighted by Crippen LogP contribution is -2.38. The molecule has 2 heterocycles. The van der Waals surface area contributed by atoms with E-state index in [-0.39, 0.29) is 11.7 Å². The Morgan fingerprint density at radius 3 is 2.55 bits per heavy atom. The highest BCUT2D eigenvalue weighted by Gasteiger charge is 2.32. The van der Waals surface area contributed by atoms with Crippen molar-refractivity contribution in [2.24, 2.45) is 0 Å². The topological polar surface area (TPSA) is 81.5 Å². The van der Waals surface area contributed by atoms with Crippen molar-refractivity contribution in [2.75, 3.05) is 42.3 Å². The number of carbonyl (C=O) groups excluding carboxylic acids is 1. The molecule has 0 radical (unpaired) electrons. The largest absolute Gasteiger partial charge is 0.489 e. The van der Waals surface area contributed by atoms with Crippen LogP contribution < -0.4 is 15.0 Å². The van der Waals surface area contributed by atoms with Crippen LogP contribution in [0.1, 0.15) is 24.4 Å². The highest BCUT2D eigenvalue weighted by Crippen LogP contribution is 2.41. The summed E-state index contributed by atoms with van der Waals surface area (Å²) in [4.78, 5) is 14.8. The Morgan fingerprint density at radius 2 is 1.82 bits per heavy atom. The fourth-order valence-corrected chi connectivity index (χ4v) is 4.50. The summed E-state index contributed by atoms with van der Waals surface area (Å²) >= 11 is 1.43. The van der Waals surface area contributed by atoms with Gasteiger partial charge in [-0.15, -0.1) is 10.2 Å². The highest BCUT2D eigenvalue weighted by molar-refractivity contribution is 7.99. The second-order valence-corrected chi connectivity index (χ2v) is 9.06. The summed E-state index contributed by atoms with van der Waals surface area (Å²) in [5, 5.41) is 12.6. The van der Waals surface area contributed by atoms with Crippen LogP contribution in [-0.4, -0.2) is 52.7 Å². The Labute approximate surface area is 197 Å². The van der Waals surface area contributed by atoms with Gasteiger partial charge in [-0.05, 0) is 42.7 Å². The van der Waals surface area contributed by atoms with Gasteiger partial charge < -0.3 is 19.7 Å². The fraction of sp³-hybridized carbons (Fsp3) is 0.375. The van der Waals surface area contributed by atoms with Crippen LogP contribution in [0.4, 0.5) is 11.6 Å². The number of ether oxygens (including phenoxy) is 2. The molecule has 0 unspecified atom stereocenters. The average molecular weight is 466 g/mol. The van der Waals surface area contributed by atoms with Crippen molar-refractivity contribution in [3.05, 3.63) is 60.2 Å². The normalized spacial score (nSPS) is 15.9.